The van der Waals surface area contributed by atoms with Gasteiger partial charge in [0, 0.05) is 31.4 Å². The lowest BCUT2D eigenvalue weighted by molar-refractivity contribution is 0.234. The van der Waals surface area contributed by atoms with Crippen LogP contribution in [0.25, 0.3) is 0 Å². The van der Waals surface area contributed by atoms with Gasteiger partial charge in [0.15, 0.2) is 0 Å². The number of hydrogen-bond acceptors (Lipinski definition) is 3. The van der Waals surface area contributed by atoms with E-state index in [0.717, 1.165) is 17.3 Å². The summed E-state index contributed by atoms with van der Waals surface area (Å²) >= 11 is 5.89. The highest BCUT2D eigenvalue weighted by Gasteiger charge is 2.18. The molecular weight excluding hydrogens is 260 g/mol. The van der Waals surface area contributed by atoms with Gasteiger partial charge in [-0.05, 0) is 24.7 Å². The number of aryl methyl sites for hydroxylation is 1. The Bertz CT molecular complexity index is 520. The predicted octanol–water partition coefficient (Wildman–Crippen LogP) is 2.21. The van der Waals surface area contributed by atoms with E-state index in [0.29, 0.717) is 6.54 Å². The molecule has 1 aromatic heterocycles. The Kier molecular flexibility index (Phi) is 4.58. The van der Waals surface area contributed by atoms with Crippen molar-refractivity contribution in [3.8, 4) is 0 Å². The number of hydrogen-bond donors (Lipinski definition) is 1. The number of halogens is 1. The molecule has 1 heterocycles. The average molecular weight is 279 g/mol. The van der Waals surface area contributed by atoms with Gasteiger partial charge in [-0.1, -0.05) is 23.7 Å². The Morgan fingerprint density at radius 1 is 1.37 bits per heavy atom. The second kappa shape index (κ2) is 6.19. The minimum atomic E-state index is 0.156. The van der Waals surface area contributed by atoms with Gasteiger partial charge in [0.1, 0.15) is 0 Å². The molecule has 0 saturated heterocycles. The Hall–Kier alpha value is -1.36. The molecule has 0 radical (unpaired) electrons. The summed E-state index contributed by atoms with van der Waals surface area (Å²) in [5.74, 6) is 0. The topological polar surface area (TPSA) is 47.1 Å². The molecule has 1 aromatic carbocycles. The zero-order valence-corrected chi connectivity index (χ0v) is 12.0. The van der Waals surface area contributed by atoms with Gasteiger partial charge in [0.2, 0.25) is 0 Å². The number of likely N-dealkylation sites (N-methyl/N-ethyl adjacent to an activating group) is 1. The fourth-order valence-corrected chi connectivity index (χ4v) is 2.33. The van der Waals surface area contributed by atoms with E-state index < -0.39 is 0 Å². The van der Waals surface area contributed by atoms with Crippen LogP contribution in [0.3, 0.4) is 0 Å². The van der Waals surface area contributed by atoms with Crippen LogP contribution in [0.1, 0.15) is 17.3 Å². The first-order chi connectivity index (χ1) is 9.11. The third kappa shape index (κ3) is 3.35. The van der Waals surface area contributed by atoms with Crippen LogP contribution in [0.5, 0.6) is 0 Å². The summed E-state index contributed by atoms with van der Waals surface area (Å²) in [6.45, 7) is 1.38. The zero-order valence-electron chi connectivity index (χ0n) is 11.3. The summed E-state index contributed by atoms with van der Waals surface area (Å²) in [7, 11) is 4.06. The van der Waals surface area contributed by atoms with E-state index in [9.17, 15) is 0 Å². The molecule has 0 fully saturated rings. The van der Waals surface area contributed by atoms with Crippen molar-refractivity contribution in [3.63, 3.8) is 0 Å². The molecule has 1 unspecified atom stereocenters. The first-order valence-electron chi connectivity index (χ1n) is 6.22. The molecule has 0 aliphatic heterocycles. The molecule has 0 aliphatic rings. The van der Waals surface area contributed by atoms with E-state index in [4.69, 9.17) is 17.3 Å². The SMILES string of the molecule is CN(Cc1ccc(Cl)cc1)C(CN)c1cncn1C. The van der Waals surface area contributed by atoms with Crippen LogP contribution in [-0.4, -0.2) is 28.0 Å². The number of nitrogens with two attached hydrogens (primary N) is 1. The highest BCUT2D eigenvalue weighted by atomic mass is 35.5. The Morgan fingerprint density at radius 2 is 2.05 bits per heavy atom. The van der Waals surface area contributed by atoms with Crippen molar-refractivity contribution >= 4 is 11.6 Å². The van der Waals surface area contributed by atoms with Crippen LogP contribution in [-0.2, 0) is 13.6 Å². The van der Waals surface area contributed by atoms with Gasteiger partial charge in [-0.2, -0.15) is 0 Å². The first-order valence-corrected chi connectivity index (χ1v) is 6.60. The summed E-state index contributed by atoms with van der Waals surface area (Å²) in [6.07, 6.45) is 3.67. The lowest BCUT2D eigenvalue weighted by Crippen LogP contribution is -2.31. The maximum Gasteiger partial charge on any atom is 0.0946 e. The summed E-state index contributed by atoms with van der Waals surface area (Å²) in [6, 6.07) is 8.05. The van der Waals surface area contributed by atoms with Crippen LogP contribution in [0.2, 0.25) is 5.02 Å². The second-order valence-corrected chi connectivity index (χ2v) is 5.16. The van der Waals surface area contributed by atoms with E-state index in [2.05, 4.69) is 16.9 Å². The smallest absolute Gasteiger partial charge is 0.0946 e. The minimum absolute atomic E-state index is 0.156. The van der Waals surface area contributed by atoms with Crippen molar-refractivity contribution in [1.82, 2.24) is 14.5 Å². The molecule has 0 amide bonds. The van der Waals surface area contributed by atoms with Crippen LogP contribution >= 0.6 is 11.6 Å². The second-order valence-electron chi connectivity index (χ2n) is 4.72. The quantitative estimate of drug-likeness (QED) is 0.912. The van der Waals surface area contributed by atoms with Gasteiger partial charge < -0.3 is 10.3 Å². The van der Waals surface area contributed by atoms with Gasteiger partial charge in [0.05, 0.1) is 18.1 Å². The van der Waals surface area contributed by atoms with Gasteiger partial charge in [-0.3, -0.25) is 4.90 Å². The normalized spacial score (nSPS) is 12.9. The van der Waals surface area contributed by atoms with Gasteiger partial charge in [-0.15, -0.1) is 0 Å². The van der Waals surface area contributed by atoms with Crippen LogP contribution < -0.4 is 5.73 Å². The molecule has 2 aromatic rings. The van der Waals surface area contributed by atoms with Crippen molar-refractivity contribution in [1.29, 1.82) is 0 Å². The van der Waals surface area contributed by atoms with Gasteiger partial charge in [-0.25, -0.2) is 4.98 Å². The van der Waals surface area contributed by atoms with E-state index in [1.807, 2.05) is 42.1 Å². The zero-order chi connectivity index (χ0) is 13.8. The first kappa shape index (κ1) is 14.1. The summed E-state index contributed by atoms with van der Waals surface area (Å²) < 4.78 is 2.01. The lowest BCUT2D eigenvalue weighted by Gasteiger charge is -2.27. The maximum atomic E-state index is 5.91. The number of imidazole rings is 1. The van der Waals surface area contributed by atoms with Crippen LogP contribution in [0.15, 0.2) is 36.8 Å². The van der Waals surface area contributed by atoms with Gasteiger partial charge in [0.25, 0.3) is 0 Å². The molecule has 2 N–H and O–H groups in total. The standard InChI is InChI=1S/C14H19ClN4/c1-18(9-11-3-5-12(15)6-4-11)13(7-16)14-8-17-10-19(14)2/h3-6,8,10,13H,7,9,16H2,1-2H3. The van der Waals surface area contributed by atoms with Crippen molar-refractivity contribution in [2.24, 2.45) is 12.8 Å². The van der Waals surface area contributed by atoms with E-state index in [1.54, 1.807) is 6.33 Å². The highest BCUT2D eigenvalue weighted by molar-refractivity contribution is 6.30. The Morgan fingerprint density at radius 3 is 2.58 bits per heavy atom. The highest BCUT2D eigenvalue weighted by Crippen LogP contribution is 2.20. The molecule has 0 saturated carbocycles. The summed E-state index contributed by atoms with van der Waals surface area (Å²) in [5.41, 5.74) is 8.25. The molecule has 2 rings (SSSR count). The predicted molar refractivity (Wildman–Crippen MR) is 77.9 cm³/mol. The summed E-state index contributed by atoms with van der Waals surface area (Å²) in [5, 5.41) is 0.758. The molecule has 0 aliphatic carbocycles. The van der Waals surface area contributed by atoms with Gasteiger partial charge >= 0.3 is 0 Å². The monoisotopic (exact) mass is 278 g/mol. The molecule has 4 nitrogen and oxygen atoms in total. The van der Waals surface area contributed by atoms with Crippen LogP contribution in [0, 0.1) is 0 Å². The van der Waals surface area contributed by atoms with Crippen molar-refractivity contribution < 1.29 is 0 Å². The third-order valence-electron chi connectivity index (χ3n) is 3.30. The number of aromatic nitrogens is 2. The molecule has 0 bridgehead atoms. The van der Waals surface area contributed by atoms with E-state index in [-0.39, 0.29) is 6.04 Å². The van der Waals surface area contributed by atoms with Crippen molar-refractivity contribution in [2.45, 2.75) is 12.6 Å². The number of rotatable bonds is 5. The van der Waals surface area contributed by atoms with E-state index >= 15 is 0 Å². The molecule has 19 heavy (non-hydrogen) atoms. The molecule has 1 atom stereocenters. The Balaban J connectivity index is 2.11. The largest absolute Gasteiger partial charge is 0.336 e. The molecule has 0 spiro atoms. The molecule has 5 heteroatoms. The maximum absolute atomic E-state index is 5.91. The lowest BCUT2D eigenvalue weighted by atomic mass is 10.1. The molecule has 102 valence electrons. The summed E-state index contributed by atoms with van der Waals surface area (Å²) in [4.78, 5) is 6.38. The molecular formula is C14H19ClN4. The average Bonchev–Trinajstić information content (AvgIpc) is 2.80. The fraction of sp³-hybridized carbons (Fsp3) is 0.357. The van der Waals surface area contributed by atoms with E-state index in [1.165, 1.54) is 5.56 Å². The minimum Gasteiger partial charge on any atom is -0.336 e. The number of nitrogens with zero attached hydrogens (tertiary/aromatic N) is 3. The fourth-order valence-electron chi connectivity index (χ4n) is 2.20. The number of benzene rings is 1. The third-order valence-corrected chi connectivity index (χ3v) is 3.55. The van der Waals surface area contributed by atoms with Crippen LogP contribution in [0.4, 0.5) is 0 Å². The Labute approximate surface area is 118 Å². The van der Waals surface area contributed by atoms with Crippen molar-refractivity contribution in [2.75, 3.05) is 13.6 Å². The van der Waals surface area contributed by atoms with Crippen molar-refractivity contribution in [3.05, 3.63) is 53.1 Å².